The molecule has 2 aromatic rings. The number of rotatable bonds is 2. The van der Waals surface area contributed by atoms with Gasteiger partial charge in [0.25, 0.3) is 0 Å². The number of aromatic nitrogens is 1. The maximum Gasteiger partial charge on any atom is 0.526 e. The maximum absolute atomic E-state index is 9.13. The molecule has 0 aromatic carbocycles. The van der Waals surface area contributed by atoms with Crippen LogP contribution in [0.1, 0.15) is 0 Å². The van der Waals surface area contributed by atoms with Crippen LogP contribution in [0.2, 0.25) is 0 Å². The van der Waals surface area contributed by atoms with Gasteiger partial charge in [-0.15, -0.1) is 0 Å². The topological polar surface area (TPSA) is 79.0 Å². The van der Waals surface area contributed by atoms with Gasteiger partial charge in [0.15, 0.2) is 0 Å². The number of hydrogen-bond acceptors (Lipinski definition) is 6. The van der Waals surface area contributed by atoms with Crippen molar-refractivity contribution in [2.24, 2.45) is 0 Å². The van der Waals surface area contributed by atoms with Gasteiger partial charge in [-0.1, -0.05) is 0 Å². The average molecular weight is 248 g/mol. The largest absolute Gasteiger partial charge is 0.526 e. The Balaban J connectivity index is 2.05. The van der Waals surface area contributed by atoms with Crippen LogP contribution in [0.25, 0.3) is 11.0 Å². The van der Waals surface area contributed by atoms with E-state index in [0.717, 1.165) is 24.3 Å². The summed E-state index contributed by atoms with van der Waals surface area (Å²) in [5.41, 5.74) is 0.738. The first-order chi connectivity index (χ1) is 8.75. The van der Waals surface area contributed by atoms with Gasteiger partial charge in [0.1, 0.15) is 17.1 Å². The number of ether oxygens (including phenoxy) is 1. The zero-order valence-corrected chi connectivity index (χ0v) is 9.74. The number of fused-ring (bicyclic) bond motifs is 1. The Hall–Kier alpha value is -1.57. The lowest BCUT2D eigenvalue weighted by atomic mass is 9.88. The fraction of sp³-hybridized carbons (Fsp3) is 0.364. The van der Waals surface area contributed by atoms with Gasteiger partial charge in [0.05, 0.1) is 18.6 Å². The summed E-state index contributed by atoms with van der Waals surface area (Å²) in [7, 11) is -1.60. The first kappa shape index (κ1) is 11.5. The second-order valence-electron chi connectivity index (χ2n) is 4.17. The summed E-state index contributed by atoms with van der Waals surface area (Å²) < 4.78 is 10.7. The van der Waals surface area contributed by atoms with Crippen molar-refractivity contribution in [3.63, 3.8) is 0 Å². The van der Waals surface area contributed by atoms with E-state index in [1.807, 2.05) is 0 Å². The smallest absolute Gasteiger partial charge is 0.464 e. The van der Waals surface area contributed by atoms with Crippen LogP contribution in [0.4, 0.5) is 5.82 Å². The fourth-order valence-electron chi connectivity index (χ4n) is 2.12. The third kappa shape index (κ3) is 1.96. The van der Waals surface area contributed by atoms with E-state index in [4.69, 9.17) is 19.2 Å². The molecule has 0 spiro atoms. The van der Waals surface area contributed by atoms with Gasteiger partial charge in [-0.05, 0) is 12.1 Å². The van der Waals surface area contributed by atoms with E-state index in [9.17, 15) is 0 Å². The third-order valence-electron chi connectivity index (χ3n) is 3.01. The molecule has 94 valence electrons. The molecule has 2 aromatic heterocycles. The summed E-state index contributed by atoms with van der Waals surface area (Å²) in [5.74, 6) is 0.798. The highest BCUT2D eigenvalue weighted by molar-refractivity contribution is 6.57. The number of anilines is 1. The van der Waals surface area contributed by atoms with Gasteiger partial charge in [-0.2, -0.15) is 0 Å². The van der Waals surface area contributed by atoms with Crippen LogP contribution in [0, 0.1) is 0 Å². The Morgan fingerprint density at radius 3 is 2.78 bits per heavy atom. The molecule has 0 radical (unpaired) electrons. The maximum atomic E-state index is 9.13. The van der Waals surface area contributed by atoms with Crippen LogP contribution >= 0.6 is 0 Å². The van der Waals surface area contributed by atoms with Crippen LogP contribution in [-0.4, -0.2) is 48.5 Å². The first-order valence-electron chi connectivity index (χ1n) is 5.83. The summed E-state index contributed by atoms with van der Waals surface area (Å²) in [5, 5.41) is 19.1. The SMILES string of the molecule is OB(O)c1cc2c(N3CCOCC3)nccc2o1. The van der Waals surface area contributed by atoms with Crippen molar-refractivity contribution in [2.75, 3.05) is 31.2 Å². The van der Waals surface area contributed by atoms with Crippen LogP contribution in [0.5, 0.6) is 0 Å². The first-order valence-corrected chi connectivity index (χ1v) is 5.83. The molecular formula is C11H13BN2O4. The van der Waals surface area contributed by atoms with Crippen LogP contribution in [0.3, 0.4) is 0 Å². The Labute approximate surface area is 104 Å². The monoisotopic (exact) mass is 248 g/mol. The summed E-state index contributed by atoms with van der Waals surface area (Å²) >= 11 is 0. The molecule has 2 N–H and O–H groups in total. The lowest BCUT2D eigenvalue weighted by Gasteiger charge is -2.28. The molecular weight excluding hydrogens is 235 g/mol. The molecule has 7 heteroatoms. The van der Waals surface area contributed by atoms with Crippen molar-refractivity contribution >= 4 is 29.6 Å². The fourth-order valence-corrected chi connectivity index (χ4v) is 2.12. The van der Waals surface area contributed by atoms with E-state index in [2.05, 4.69) is 9.88 Å². The molecule has 3 heterocycles. The Morgan fingerprint density at radius 1 is 1.28 bits per heavy atom. The quantitative estimate of drug-likeness (QED) is 0.687. The summed E-state index contributed by atoms with van der Waals surface area (Å²) in [4.78, 5) is 6.46. The highest BCUT2D eigenvalue weighted by Gasteiger charge is 2.21. The van der Waals surface area contributed by atoms with Crippen molar-refractivity contribution in [1.82, 2.24) is 4.98 Å². The van der Waals surface area contributed by atoms with Gasteiger partial charge >= 0.3 is 7.12 Å². The molecule has 1 aliphatic heterocycles. The minimum atomic E-state index is -1.60. The molecule has 0 atom stereocenters. The molecule has 0 aliphatic carbocycles. The number of hydrogen-bond donors (Lipinski definition) is 2. The van der Waals surface area contributed by atoms with E-state index in [-0.39, 0.29) is 5.66 Å². The van der Waals surface area contributed by atoms with Crippen LogP contribution in [-0.2, 0) is 4.74 Å². The van der Waals surface area contributed by atoms with Crippen molar-refractivity contribution in [3.05, 3.63) is 18.3 Å². The molecule has 18 heavy (non-hydrogen) atoms. The van der Waals surface area contributed by atoms with Gasteiger partial charge < -0.3 is 24.1 Å². The minimum absolute atomic E-state index is 0.132. The average Bonchev–Trinajstić information content (AvgIpc) is 2.83. The molecule has 1 aliphatic rings. The van der Waals surface area contributed by atoms with E-state index in [1.54, 1.807) is 18.3 Å². The Bertz CT molecular complexity index is 551. The van der Waals surface area contributed by atoms with E-state index < -0.39 is 7.12 Å². The minimum Gasteiger partial charge on any atom is -0.464 e. The Morgan fingerprint density at radius 2 is 2.06 bits per heavy atom. The zero-order valence-electron chi connectivity index (χ0n) is 9.74. The van der Waals surface area contributed by atoms with E-state index >= 15 is 0 Å². The predicted octanol–water partition coefficient (Wildman–Crippen LogP) is -0.656. The molecule has 0 bridgehead atoms. The second-order valence-corrected chi connectivity index (χ2v) is 4.17. The predicted molar refractivity (Wildman–Crippen MR) is 66.9 cm³/mol. The highest BCUT2D eigenvalue weighted by atomic mass is 16.5. The van der Waals surface area contributed by atoms with E-state index in [1.165, 1.54) is 0 Å². The van der Waals surface area contributed by atoms with Crippen molar-refractivity contribution < 1.29 is 19.2 Å². The van der Waals surface area contributed by atoms with Crippen molar-refractivity contribution in [2.45, 2.75) is 0 Å². The third-order valence-corrected chi connectivity index (χ3v) is 3.01. The lowest BCUT2D eigenvalue weighted by molar-refractivity contribution is 0.122. The number of furan rings is 1. The lowest BCUT2D eigenvalue weighted by Crippen LogP contribution is -2.36. The summed E-state index contributed by atoms with van der Waals surface area (Å²) in [6.07, 6.45) is 1.66. The molecule has 0 saturated carbocycles. The second kappa shape index (κ2) is 4.60. The molecule has 3 rings (SSSR count). The molecule has 0 amide bonds. The molecule has 1 saturated heterocycles. The van der Waals surface area contributed by atoms with Crippen molar-refractivity contribution in [1.29, 1.82) is 0 Å². The highest BCUT2D eigenvalue weighted by Crippen LogP contribution is 2.25. The number of morpholine rings is 1. The van der Waals surface area contributed by atoms with Gasteiger partial charge in [-0.3, -0.25) is 0 Å². The van der Waals surface area contributed by atoms with Gasteiger partial charge in [0, 0.05) is 19.3 Å². The standard InChI is InChI=1S/C11H13BN2O4/c15-12(16)10-7-8-9(18-10)1-2-13-11(8)14-3-5-17-6-4-14/h1-2,7,15-16H,3-6H2. The molecule has 1 fully saturated rings. The summed E-state index contributed by atoms with van der Waals surface area (Å²) in [6, 6.07) is 3.34. The number of nitrogens with zero attached hydrogens (tertiary/aromatic N) is 2. The molecule has 6 nitrogen and oxygen atoms in total. The van der Waals surface area contributed by atoms with Gasteiger partial charge in [0.2, 0.25) is 0 Å². The normalized spacial score (nSPS) is 16.2. The van der Waals surface area contributed by atoms with Crippen LogP contribution in [0.15, 0.2) is 22.7 Å². The number of pyridine rings is 1. The summed E-state index contributed by atoms with van der Waals surface area (Å²) in [6.45, 7) is 2.89. The van der Waals surface area contributed by atoms with Crippen molar-refractivity contribution in [3.8, 4) is 0 Å². The zero-order chi connectivity index (χ0) is 12.5. The van der Waals surface area contributed by atoms with Gasteiger partial charge in [-0.25, -0.2) is 4.98 Å². The Kier molecular flexibility index (Phi) is 2.95. The molecule has 0 unspecified atom stereocenters. The van der Waals surface area contributed by atoms with Crippen LogP contribution < -0.4 is 10.6 Å². The van der Waals surface area contributed by atoms with E-state index in [0.29, 0.717) is 18.8 Å².